The van der Waals surface area contributed by atoms with Gasteiger partial charge in [0.2, 0.25) is 0 Å². The summed E-state index contributed by atoms with van der Waals surface area (Å²) in [5.74, 6) is 0.907. The smallest absolute Gasteiger partial charge is 0.413 e. The largest absolute Gasteiger partial charge is 0.465 e. The van der Waals surface area contributed by atoms with Crippen molar-refractivity contribution >= 4 is 17.7 Å². The molecule has 0 saturated heterocycles. The number of aliphatic hydroxyl groups excluding tert-OH is 1. The average molecular weight is 280 g/mol. The Labute approximate surface area is 117 Å². The van der Waals surface area contributed by atoms with Crippen molar-refractivity contribution in [3.05, 3.63) is 12.4 Å². The van der Waals surface area contributed by atoms with E-state index in [4.69, 9.17) is 0 Å². The number of hydrogen-bond acceptors (Lipinski definition) is 5. The molecular formula is C13H20N4O3. The fourth-order valence-electron chi connectivity index (χ4n) is 2.19. The third kappa shape index (κ3) is 3.16. The summed E-state index contributed by atoms with van der Waals surface area (Å²) in [4.78, 5) is 20.7. The van der Waals surface area contributed by atoms with Gasteiger partial charge < -0.3 is 15.5 Å². The van der Waals surface area contributed by atoms with Crippen LogP contribution >= 0.6 is 0 Å². The van der Waals surface area contributed by atoms with Crippen LogP contribution in [0, 0.1) is 0 Å². The van der Waals surface area contributed by atoms with Crippen LogP contribution in [0.4, 0.5) is 16.4 Å². The van der Waals surface area contributed by atoms with Crippen LogP contribution in [0.5, 0.6) is 0 Å². The highest BCUT2D eigenvalue weighted by Gasteiger charge is 2.30. The van der Waals surface area contributed by atoms with E-state index >= 15 is 0 Å². The lowest BCUT2D eigenvalue weighted by molar-refractivity contribution is 0.0835. The van der Waals surface area contributed by atoms with Crippen molar-refractivity contribution in [2.45, 2.75) is 51.3 Å². The summed E-state index contributed by atoms with van der Waals surface area (Å²) in [6, 6.07) is 1.80. The maximum atomic E-state index is 11.4. The zero-order chi connectivity index (χ0) is 14.9. The molecule has 3 N–H and O–H groups in total. The van der Waals surface area contributed by atoms with Gasteiger partial charge in [-0.05, 0) is 33.6 Å². The number of carboxylic acid groups (broad SMARTS) is 1. The second-order valence-corrected chi connectivity index (χ2v) is 6.02. The second-order valence-electron chi connectivity index (χ2n) is 6.02. The first-order valence-electron chi connectivity index (χ1n) is 6.57. The van der Waals surface area contributed by atoms with E-state index in [-0.39, 0.29) is 12.1 Å². The zero-order valence-corrected chi connectivity index (χ0v) is 11.9. The molecule has 1 fully saturated rings. The Morgan fingerprint density at radius 1 is 1.40 bits per heavy atom. The lowest BCUT2D eigenvalue weighted by atomic mass is 9.89. The number of nitrogens with one attached hydrogen (secondary N) is 1. The van der Waals surface area contributed by atoms with Crippen molar-refractivity contribution in [2.75, 3.05) is 10.2 Å². The number of rotatable bonds is 3. The van der Waals surface area contributed by atoms with E-state index in [1.807, 2.05) is 0 Å². The summed E-state index contributed by atoms with van der Waals surface area (Å²) in [7, 11) is 0. The Balaban J connectivity index is 2.17. The van der Waals surface area contributed by atoms with Crippen LogP contribution in [0.1, 0.15) is 33.6 Å². The van der Waals surface area contributed by atoms with Crippen molar-refractivity contribution in [1.82, 2.24) is 9.97 Å². The van der Waals surface area contributed by atoms with Crippen molar-refractivity contribution < 1.29 is 15.0 Å². The molecule has 0 aromatic carbocycles. The monoisotopic (exact) mass is 280 g/mol. The molecule has 0 radical (unpaired) electrons. The molecule has 20 heavy (non-hydrogen) atoms. The van der Waals surface area contributed by atoms with Crippen LogP contribution in [-0.4, -0.2) is 44.0 Å². The molecule has 1 aliphatic rings. The summed E-state index contributed by atoms with van der Waals surface area (Å²) in [6.45, 7) is 5.41. The molecule has 2 rings (SSSR count). The third-order valence-electron chi connectivity index (χ3n) is 3.21. The minimum absolute atomic E-state index is 0.181. The van der Waals surface area contributed by atoms with Crippen molar-refractivity contribution in [1.29, 1.82) is 0 Å². The molecule has 1 aromatic heterocycles. The number of anilines is 2. The van der Waals surface area contributed by atoms with Crippen LogP contribution in [0.15, 0.2) is 12.4 Å². The standard InChI is InChI=1S/C13H20N4O3/c1-13(2,3)17(12(19)20)11-6-10(14-7-15-11)16-8-4-9(18)5-8/h6-9,18H,4-5H2,1-3H3,(H,19,20)(H,14,15,16)/t8-,9+. The predicted octanol–water partition coefficient (Wildman–Crippen LogP) is 1.69. The highest BCUT2D eigenvalue weighted by atomic mass is 16.4. The van der Waals surface area contributed by atoms with Gasteiger partial charge in [0, 0.05) is 17.6 Å². The van der Waals surface area contributed by atoms with Gasteiger partial charge in [0.05, 0.1) is 6.10 Å². The summed E-state index contributed by atoms with van der Waals surface area (Å²) >= 11 is 0. The average Bonchev–Trinajstić information content (AvgIpc) is 2.25. The molecule has 0 bridgehead atoms. The maximum Gasteiger partial charge on any atom is 0.413 e. The quantitative estimate of drug-likeness (QED) is 0.779. The highest BCUT2D eigenvalue weighted by Crippen LogP contribution is 2.26. The van der Waals surface area contributed by atoms with E-state index in [1.54, 1.807) is 26.8 Å². The first-order chi connectivity index (χ1) is 9.27. The Hall–Kier alpha value is -1.89. The van der Waals surface area contributed by atoms with Crippen LogP contribution in [0.25, 0.3) is 0 Å². The molecular weight excluding hydrogens is 260 g/mol. The maximum absolute atomic E-state index is 11.4. The Morgan fingerprint density at radius 3 is 2.55 bits per heavy atom. The first kappa shape index (κ1) is 14.5. The molecule has 0 unspecified atom stereocenters. The number of nitrogens with zero attached hydrogens (tertiary/aromatic N) is 3. The van der Waals surface area contributed by atoms with Gasteiger partial charge in [-0.25, -0.2) is 14.8 Å². The highest BCUT2D eigenvalue weighted by molar-refractivity contribution is 5.86. The van der Waals surface area contributed by atoms with Gasteiger partial charge in [-0.15, -0.1) is 0 Å². The molecule has 7 heteroatoms. The molecule has 0 aliphatic heterocycles. The zero-order valence-electron chi connectivity index (χ0n) is 11.9. The molecule has 0 atom stereocenters. The van der Waals surface area contributed by atoms with E-state index in [0.29, 0.717) is 24.5 Å². The molecule has 110 valence electrons. The molecule has 1 saturated carbocycles. The summed E-state index contributed by atoms with van der Waals surface area (Å²) in [5.41, 5.74) is -0.593. The summed E-state index contributed by atoms with van der Waals surface area (Å²) < 4.78 is 0. The summed E-state index contributed by atoms with van der Waals surface area (Å²) in [6.07, 6.45) is 1.40. The van der Waals surface area contributed by atoms with Crippen LogP contribution in [0.3, 0.4) is 0 Å². The lowest BCUT2D eigenvalue weighted by Gasteiger charge is -2.34. The van der Waals surface area contributed by atoms with E-state index in [0.717, 1.165) is 0 Å². The number of hydrogen-bond donors (Lipinski definition) is 3. The van der Waals surface area contributed by atoms with E-state index in [2.05, 4.69) is 15.3 Å². The molecule has 0 spiro atoms. The van der Waals surface area contributed by atoms with Gasteiger partial charge in [0.25, 0.3) is 0 Å². The van der Waals surface area contributed by atoms with E-state index in [9.17, 15) is 15.0 Å². The molecule has 1 aromatic rings. The van der Waals surface area contributed by atoms with Gasteiger partial charge >= 0.3 is 6.09 Å². The molecule has 1 heterocycles. The second kappa shape index (κ2) is 5.24. The van der Waals surface area contributed by atoms with Gasteiger partial charge in [-0.2, -0.15) is 0 Å². The van der Waals surface area contributed by atoms with Gasteiger partial charge in [-0.3, -0.25) is 4.90 Å². The third-order valence-corrected chi connectivity index (χ3v) is 3.21. The fourth-order valence-corrected chi connectivity index (χ4v) is 2.19. The SMILES string of the molecule is CC(C)(C)N(C(=O)O)c1cc(N[C@H]2C[C@@H](O)C2)ncn1. The number of carbonyl (C=O) groups is 1. The Morgan fingerprint density at radius 2 is 2.05 bits per heavy atom. The topological polar surface area (TPSA) is 98.6 Å². The van der Waals surface area contributed by atoms with E-state index < -0.39 is 11.6 Å². The van der Waals surface area contributed by atoms with Crippen LogP contribution in [-0.2, 0) is 0 Å². The minimum Gasteiger partial charge on any atom is -0.465 e. The number of aromatic nitrogens is 2. The van der Waals surface area contributed by atoms with Gasteiger partial charge in [-0.1, -0.05) is 0 Å². The number of amides is 1. The van der Waals surface area contributed by atoms with Crippen molar-refractivity contribution in [3.8, 4) is 0 Å². The molecule has 7 nitrogen and oxygen atoms in total. The normalized spacial score (nSPS) is 22.0. The summed E-state index contributed by atoms with van der Waals surface area (Å²) in [5, 5.41) is 21.8. The predicted molar refractivity (Wildman–Crippen MR) is 74.9 cm³/mol. The van der Waals surface area contributed by atoms with Crippen molar-refractivity contribution in [3.63, 3.8) is 0 Å². The molecule has 1 amide bonds. The van der Waals surface area contributed by atoms with Gasteiger partial charge in [0.1, 0.15) is 18.0 Å². The molecule has 1 aliphatic carbocycles. The minimum atomic E-state index is -1.05. The Kier molecular flexibility index (Phi) is 3.80. The van der Waals surface area contributed by atoms with Gasteiger partial charge in [0.15, 0.2) is 0 Å². The Bertz CT molecular complexity index is 495. The van der Waals surface area contributed by atoms with Crippen LogP contribution < -0.4 is 10.2 Å². The van der Waals surface area contributed by atoms with Crippen molar-refractivity contribution in [2.24, 2.45) is 0 Å². The van der Waals surface area contributed by atoms with E-state index in [1.165, 1.54) is 11.2 Å². The first-order valence-corrected chi connectivity index (χ1v) is 6.57. The van der Waals surface area contributed by atoms with Crippen LogP contribution in [0.2, 0.25) is 0 Å². The number of aliphatic hydroxyl groups is 1. The lowest BCUT2D eigenvalue weighted by Crippen LogP contribution is -2.45. The fraction of sp³-hybridized carbons (Fsp3) is 0.615.